The average Bonchev–Trinajstić information content (AvgIpc) is 3.39. The zero-order valence-corrected chi connectivity index (χ0v) is 21.8. The first-order valence-corrected chi connectivity index (χ1v) is 14.4. The van der Waals surface area contributed by atoms with Gasteiger partial charge in [0.15, 0.2) is 0 Å². The van der Waals surface area contributed by atoms with E-state index < -0.39 is 16.7 Å². The third-order valence-corrected chi connectivity index (χ3v) is 10.6. The lowest BCUT2D eigenvalue weighted by Gasteiger charge is -2.36. The van der Waals surface area contributed by atoms with Crippen molar-refractivity contribution in [3.05, 3.63) is 0 Å². The molecule has 5 atom stereocenters. The molecular weight excluding hydrogens is 450 g/mol. The molecule has 3 amide bonds. The van der Waals surface area contributed by atoms with Gasteiger partial charge in [0.25, 0.3) is 0 Å². The summed E-state index contributed by atoms with van der Waals surface area (Å²) < 4.78 is -0.807. The Balaban J connectivity index is 1.59. The normalized spacial score (nSPS) is 35.0. The Morgan fingerprint density at radius 2 is 1.82 bits per heavy atom. The molecule has 8 heteroatoms. The molecule has 1 aliphatic carbocycles. The molecule has 34 heavy (non-hydrogen) atoms. The van der Waals surface area contributed by atoms with Crippen LogP contribution in [-0.2, 0) is 14.4 Å². The van der Waals surface area contributed by atoms with Crippen LogP contribution < -0.4 is 10.6 Å². The van der Waals surface area contributed by atoms with Gasteiger partial charge < -0.3 is 20.6 Å². The number of unbranched alkanes of at least 4 members (excludes halogenated alkanes) is 3. The van der Waals surface area contributed by atoms with Gasteiger partial charge in [0.05, 0.1) is 16.6 Å². The number of carbonyl (C=O) groups excluding carboxylic acids is 3. The van der Waals surface area contributed by atoms with Crippen LogP contribution in [0.2, 0.25) is 0 Å². The van der Waals surface area contributed by atoms with Crippen LogP contribution >= 0.6 is 11.8 Å². The Bertz CT molecular complexity index is 773. The molecule has 7 nitrogen and oxygen atoms in total. The average molecular weight is 494 g/mol. The summed E-state index contributed by atoms with van der Waals surface area (Å²) in [5, 5.41) is 15.5. The topological polar surface area (TPSA) is 98.7 Å². The molecule has 4 aliphatic rings. The van der Waals surface area contributed by atoms with Crippen molar-refractivity contribution in [2.75, 3.05) is 19.7 Å². The molecule has 192 valence electrons. The van der Waals surface area contributed by atoms with Gasteiger partial charge in [-0.25, -0.2) is 0 Å². The molecule has 3 aliphatic heterocycles. The van der Waals surface area contributed by atoms with E-state index in [1.165, 1.54) is 6.42 Å². The molecular formula is C26H43N3O4S. The Kier molecular flexibility index (Phi) is 8.17. The van der Waals surface area contributed by atoms with Crippen LogP contribution in [0.1, 0.15) is 90.9 Å². The van der Waals surface area contributed by atoms with Gasteiger partial charge in [-0.15, -0.1) is 11.8 Å². The van der Waals surface area contributed by atoms with Crippen molar-refractivity contribution in [2.24, 2.45) is 11.8 Å². The molecule has 3 heterocycles. The van der Waals surface area contributed by atoms with Crippen LogP contribution in [0.5, 0.6) is 0 Å². The highest BCUT2D eigenvalue weighted by molar-refractivity contribution is 8.02. The van der Waals surface area contributed by atoms with E-state index in [0.717, 1.165) is 70.6 Å². The molecule has 0 aromatic heterocycles. The number of likely N-dealkylation sites (tertiary alicyclic amines) is 1. The standard InChI is InChI=1S/C26H43N3O4S/c1-3-15-27-22(31)19-20-24(33)29(16-9-4-5-10-17-30)21(26(20)14-13-25(19,2)34-26)23(32)28-18-11-7-6-8-12-18/h18-21,30H,3-17H2,1-2H3,(H,27,31)(H,28,32)/t19-,20+,21?,25+,26?/m1/s1. The van der Waals surface area contributed by atoms with Crippen LogP contribution in [0, 0.1) is 11.8 Å². The SMILES string of the molecule is CCCNC(=O)[C@H]1[C@H]2C(=O)N(CCCCCCO)C(C(=O)NC3CCCCC3)C23CC[C@]1(C)S3. The van der Waals surface area contributed by atoms with E-state index in [0.29, 0.717) is 13.1 Å². The van der Waals surface area contributed by atoms with E-state index in [9.17, 15) is 14.4 Å². The number of amides is 3. The number of fused-ring (bicyclic) bond motifs is 1. The fourth-order valence-corrected chi connectivity index (χ4v) is 9.36. The molecule has 0 aromatic carbocycles. The van der Waals surface area contributed by atoms with E-state index in [-0.39, 0.29) is 41.0 Å². The smallest absolute Gasteiger partial charge is 0.244 e. The molecule has 1 saturated carbocycles. The van der Waals surface area contributed by atoms with Gasteiger partial charge in [-0.3, -0.25) is 14.4 Å². The molecule has 0 radical (unpaired) electrons. The number of nitrogens with one attached hydrogen (secondary N) is 2. The molecule has 4 rings (SSSR count). The summed E-state index contributed by atoms with van der Waals surface area (Å²) in [7, 11) is 0. The van der Waals surface area contributed by atoms with Crippen molar-refractivity contribution in [1.29, 1.82) is 0 Å². The molecule has 4 fully saturated rings. The maximum Gasteiger partial charge on any atom is 0.244 e. The van der Waals surface area contributed by atoms with Crippen molar-refractivity contribution in [2.45, 2.75) is 112 Å². The van der Waals surface area contributed by atoms with Crippen LogP contribution in [0.4, 0.5) is 0 Å². The number of hydrogen-bond acceptors (Lipinski definition) is 5. The van der Waals surface area contributed by atoms with Crippen molar-refractivity contribution >= 4 is 29.5 Å². The first-order chi connectivity index (χ1) is 16.4. The van der Waals surface area contributed by atoms with Crippen molar-refractivity contribution < 1.29 is 19.5 Å². The monoisotopic (exact) mass is 493 g/mol. The minimum atomic E-state index is -0.510. The second-order valence-electron chi connectivity index (χ2n) is 11.0. The molecule has 1 spiro atoms. The lowest BCUT2D eigenvalue weighted by Crippen LogP contribution is -2.55. The lowest BCUT2D eigenvalue weighted by atomic mass is 9.66. The first kappa shape index (κ1) is 25.8. The van der Waals surface area contributed by atoms with E-state index in [4.69, 9.17) is 5.11 Å². The third-order valence-electron chi connectivity index (χ3n) is 8.62. The van der Waals surface area contributed by atoms with Crippen molar-refractivity contribution in [3.63, 3.8) is 0 Å². The summed E-state index contributed by atoms with van der Waals surface area (Å²) in [6, 6.07) is -0.304. The molecule has 0 aromatic rings. The number of rotatable bonds is 11. The first-order valence-electron chi connectivity index (χ1n) is 13.6. The predicted molar refractivity (Wildman–Crippen MR) is 134 cm³/mol. The molecule has 3 saturated heterocycles. The van der Waals surface area contributed by atoms with E-state index >= 15 is 0 Å². The summed E-state index contributed by atoms with van der Waals surface area (Å²) in [5.74, 6) is -0.835. The fourth-order valence-electron chi connectivity index (χ4n) is 7.00. The van der Waals surface area contributed by atoms with Crippen molar-refractivity contribution in [3.8, 4) is 0 Å². The van der Waals surface area contributed by atoms with Crippen LogP contribution in [0.15, 0.2) is 0 Å². The van der Waals surface area contributed by atoms with Crippen LogP contribution in [-0.4, -0.2) is 69.0 Å². The zero-order chi connectivity index (χ0) is 24.3. The summed E-state index contributed by atoms with van der Waals surface area (Å²) in [4.78, 5) is 42.9. The highest BCUT2D eigenvalue weighted by Crippen LogP contribution is 2.71. The van der Waals surface area contributed by atoms with Gasteiger partial charge in [0, 0.05) is 30.5 Å². The number of hydrogen-bond donors (Lipinski definition) is 3. The van der Waals surface area contributed by atoms with Gasteiger partial charge >= 0.3 is 0 Å². The fraction of sp³-hybridized carbons (Fsp3) is 0.885. The highest BCUT2D eigenvalue weighted by atomic mass is 32.2. The Hall–Kier alpha value is -1.28. The van der Waals surface area contributed by atoms with Crippen molar-refractivity contribution in [1.82, 2.24) is 15.5 Å². The Labute approximate surface area is 208 Å². The maximum absolute atomic E-state index is 13.9. The second-order valence-corrected chi connectivity index (χ2v) is 12.9. The van der Waals surface area contributed by atoms with Gasteiger partial charge in [0.2, 0.25) is 17.7 Å². The summed E-state index contributed by atoms with van der Waals surface area (Å²) in [6.45, 7) is 5.51. The number of aliphatic hydroxyl groups is 1. The Morgan fingerprint density at radius 3 is 2.53 bits per heavy atom. The van der Waals surface area contributed by atoms with Crippen LogP contribution in [0.25, 0.3) is 0 Å². The van der Waals surface area contributed by atoms with Gasteiger partial charge in [-0.2, -0.15) is 0 Å². The molecule has 2 bridgehead atoms. The largest absolute Gasteiger partial charge is 0.396 e. The van der Waals surface area contributed by atoms with E-state index in [2.05, 4.69) is 17.6 Å². The number of nitrogens with zero attached hydrogens (tertiary/aromatic N) is 1. The third kappa shape index (κ3) is 4.61. The highest BCUT2D eigenvalue weighted by Gasteiger charge is 2.76. The second kappa shape index (κ2) is 10.8. The maximum atomic E-state index is 13.9. The van der Waals surface area contributed by atoms with Gasteiger partial charge in [-0.05, 0) is 51.9 Å². The minimum Gasteiger partial charge on any atom is -0.396 e. The van der Waals surface area contributed by atoms with Gasteiger partial charge in [0.1, 0.15) is 6.04 Å². The predicted octanol–water partition coefficient (Wildman–Crippen LogP) is 3.00. The molecule has 2 unspecified atom stereocenters. The van der Waals surface area contributed by atoms with E-state index in [1.807, 2.05) is 11.8 Å². The lowest BCUT2D eigenvalue weighted by molar-refractivity contribution is -0.140. The number of carbonyl (C=O) groups is 3. The number of thioether (sulfide) groups is 1. The summed E-state index contributed by atoms with van der Waals surface area (Å²) in [5.41, 5.74) is 0. The van der Waals surface area contributed by atoms with Gasteiger partial charge in [-0.1, -0.05) is 39.0 Å². The summed E-state index contributed by atoms with van der Waals surface area (Å²) in [6.07, 6.45) is 11.5. The summed E-state index contributed by atoms with van der Waals surface area (Å²) >= 11 is 1.76. The quantitative estimate of drug-likeness (QED) is 0.384. The minimum absolute atomic E-state index is 0.00136. The molecule has 3 N–H and O–H groups in total. The zero-order valence-electron chi connectivity index (χ0n) is 20.9. The Morgan fingerprint density at radius 1 is 1.09 bits per heavy atom. The van der Waals surface area contributed by atoms with E-state index in [1.54, 1.807) is 11.8 Å². The van der Waals surface area contributed by atoms with Crippen LogP contribution in [0.3, 0.4) is 0 Å². The number of aliphatic hydroxyl groups excluding tert-OH is 1.